The van der Waals surface area contributed by atoms with E-state index in [-0.39, 0.29) is 0 Å². The Morgan fingerprint density at radius 1 is 0.857 bits per heavy atom. The first kappa shape index (κ1) is 13.2. The number of hydrogen-bond donors (Lipinski definition) is 1. The van der Waals surface area contributed by atoms with Gasteiger partial charge >= 0.3 is 0 Å². The van der Waals surface area contributed by atoms with Gasteiger partial charge in [0.1, 0.15) is 0 Å². The van der Waals surface area contributed by atoms with Crippen LogP contribution in [-0.2, 0) is 0 Å². The second kappa shape index (κ2) is 5.71. The molecular weight excluding hydrogens is 260 g/mol. The van der Waals surface area contributed by atoms with E-state index in [9.17, 15) is 0 Å². The fourth-order valence-corrected chi connectivity index (χ4v) is 2.28. The third kappa shape index (κ3) is 3.23. The fraction of sp³-hybridized carbons (Fsp3) is 0.118. The molecule has 0 saturated heterocycles. The van der Waals surface area contributed by atoms with Gasteiger partial charge < -0.3 is 5.32 Å². The molecule has 0 saturated carbocycles. The van der Waals surface area contributed by atoms with Crippen molar-refractivity contribution in [2.75, 3.05) is 5.32 Å². The normalized spacial score (nSPS) is 10.4. The highest BCUT2D eigenvalue weighted by atomic mass is 15.1. The molecule has 2 aromatic heterocycles. The number of anilines is 2. The maximum Gasteiger partial charge on any atom is 0.227 e. The predicted octanol–water partition coefficient (Wildman–Crippen LogP) is 3.90. The first-order valence-corrected chi connectivity index (χ1v) is 6.79. The molecule has 0 fully saturated rings. The van der Waals surface area contributed by atoms with Crippen molar-refractivity contribution in [3.63, 3.8) is 0 Å². The summed E-state index contributed by atoms with van der Waals surface area (Å²) in [7, 11) is 0. The van der Waals surface area contributed by atoms with E-state index in [1.54, 1.807) is 18.6 Å². The Morgan fingerprint density at radius 2 is 1.57 bits per heavy atom. The molecule has 0 radical (unpaired) electrons. The summed E-state index contributed by atoms with van der Waals surface area (Å²) >= 11 is 0. The predicted molar refractivity (Wildman–Crippen MR) is 84.5 cm³/mol. The van der Waals surface area contributed by atoms with Crippen LogP contribution in [0.25, 0.3) is 11.3 Å². The number of rotatable bonds is 3. The molecule has 0 aliphatic heterocycles. The summed E-state index contributed by atoms with van der Waals surface area (Å²) < 4.78 is 0. The van der Waals surface area contributed by atoms with Gasteiger partial charge in [0.05, 0.1) is 5.69 Å². The van der Waals surface area contributed by atoms with Crippen molar-refractivity contribution < 1.29 is 0 Å². The lowest BCUT2D eigenvalue weighted by Gasteiger charge is -2.08. The molecule has 0 bridgehead atoms. The van der Waals surface area contributed by atoms with Crippen LogP contribution >= 0.6 is 0 Å². The van der Waals surface area contributed by atoms with Gasteiger partial charge in [-0.1, -0.05) is 6.07 Å². The zero-order valence-corrected chi connectivity index (χ0v) is 12.0. The molecule has 0 aliphatic carbocycles. The van der Waals surface area contributed by atoms with Crippen LogP contribution < -0.4 is 5.32 Å². The van der Waals surface area contributed by atoms with Gasteiger partial charge in [0, 0.05) is 29.8 Å². The second-order valence-corrected chi connectivity index (χ2v) is 5.00. The Morgan fingerprint density at radius 3 is 2.29 bits per heavy atom. The third-order valence-electron chi connectivity index (χ3n) is 3.11. The highest BCUT2D eigenvalue weighted by Crippen LogP contribution is 2.20. The molecule has 0 atom stereocenters. The highest BCUT2D eigenvalue weighted by molar-refractivity contribution is 5.62. The van der Waals surface area contributed by atoms with E-state index < -0.39 is 0 Å². The summed E-state index contributed by atoms with van der Waals surface area (Å²) in [4.78, 5) is 12.9. The molecule has 4 nitrogen and oxygen atoms in total. The van der Waals surface area contributed by atoms with Gasteiger partial charge in [-0.3, -0.25) is 4.98 Å². The molecule has 1 N–H and O–H groups in total. The molecule has 1 aromatic carbocycles. The van der Waals surface area contributed by atoms with Gasteiger partial charge in [-0.2, -0.15) is 0 Å². The van der Waals surface area contributed by atoms with E-state index >= 15 is 0 Å². The lowest BCUT2D eigenvalue weighted by molar-refractivity contribution is 1.16. The topological polar surface area (TPSA) is 50.7 Å². The molecule has 0 spiro atoms. The largest absolute Gasteiger partial charge is 0.324 e. The van der Waals surface area contributed by atoms with Crippen LogP contribution in [0.15, 0.2) is 55.0 Å². The minimum absolute atomic E-state index is 0.592. The van der Waals surface area contributed by atoms with Crippen LogP contribution in [0.4, 0.5) is 11.6 Å². The number of benzene rings is 1. The Kier molecular flexibility index (Phi) is 3.60. The van der Waals surface area contributed by atoms with E-state index in [2.05, 4.69) is 52.3 Å². The molecule has 4 heteroatoms. The van der Waals surface area contributed by atoms with Crippen molar-refractivity contribution >= 4 is 11.6 Å². The molecule has 2 heterocycles. The van der Waals surface area contributed by atoms with Gasteiger partial charge in [0.2, 0.25) is 5.95 Å². The first-order valence-electron chi connectivity index (χ1n) is 6.79. The lowest BCUT2D eigenvalue weighted by Crippen LogP contribution is -1.98. The molecule has 0 aliphatic rings. The van der Waals surface area contributed by atoms with Crippen molar-refractivity contribution in [3.8, 4) is 11.3 Å². The van der Waals surface area contributed by atoms with E-state index in [0.717, 1.165) is 16.9 Å². The quantitative estimate of drug-likeness (QED) is 0.788. The number of nitrogens with one attached hydrogen (secondary N) is 1. The van der Waals surface area contributed by atoms with Crippen LogP contribution in [0.5, 0.6) is 0 Å². The standard InChI is InChI=1S/C17H16N4/c1-12-9-13(2)11-15(10-12)20-17-19-8-5-16(21-17)14-3-6-18-7-4-14/h3-11H,1-2H3,(H,19,20,21). The minimum Gasteiger partial charge on any atom is -0.324 e. The van der Waals surface area contributed by atoms with E-state index in [1.807, 2.05) is 18.2 Å². The Bertz CT molecular complexity index is 733. The summed E-state index contributed by atoms with van der Waals surface area (Å²) in [5.41, 5.74) is 5.32. The zero-order chi connectivity index (χ0) is 14.7. The summed E-state index contributed by atoms with van der Waals surface area (Å²) in [5.74, 6) is 0.592. The molecule has 0 amide bonds. The number of nitrogens with zero attached hydrogens (tertiary/aromatic N) is 3. The zero-order valence-electron chi connectivity index (χ0n) is 12.0. The van der Waals surface area contributed by atoms with Gasteiger partial charge in [0.25, 0.3) is 0 Å². The van der Waals surface area contributed by atoms with Gasteiger partial charge in [-0.25, -0.2) is 9.97 Å². The van der Waals surface area contributed by atoms with Crippen molar-refractivity contribution in [2.45, 2.75) is 13.8 Å². The fourth-order valence-electron chi connectivity index (χ4n) is 2.28. The third-order valence-corrected chi connectivity index (χ3v) is 3.11. The van der Waals surface area contributed by atoms with Gasteiger partial charge in [-0.05, 0) is 55.3 Å². The molecule has 0 unspecified atom stereocenters. The summed E-state index contributed by atoms with van der Waals surface area (Å²) in [5, 5.41) is 3.26. The highest BCUT2D eigenvalue weighted by Gasteiger charge is 2.03. The van der Waals surface area contributed by atoms with Crippen molar-refractivity contribution in [2.24, 2.45) is 0 Å². The molecule has 104 valence electrons. The Labute approximate surface area is 123 Å². The summed E-state index contributed by atoms with van der Waals surface area (Å²) in [6.07, 6.45) is 5.27. The number of aryl methyl sites for hydroxylation is 2. The summed E-state index contributed by atoms with van der Waals surface area (Å²) in [6, 6.07) is 12.1. The Balaban J connectivity index is 1.90. The monoisotopic (exact) mass is 276 g/mol. The molecule has 3 aromatic rings. The van der Waals surface area contributed by atoms with Crippen LogP contribution in [0.2, 0.25) is 0 Å². The average molecular weight is 276 g/mol. The van der Waals surface area contributed by atoms with Crippen LogP contribution in [0, 0.1) is 13.8 Å². The number of hydrogen-bond acceptors (Lipinski definition) is 4. The van der Waals surface area contributed by atoms with Crippen LogP contribution in [0.1, 0.15) is 11.1 Å². The average Bonchev–Trinajstić information content (AvgIpc) is 2.47. The van der Waals surface area contributed by atoms with Crippen LogP contribution in [0.3, 0.4) is 0 Å². The molecular formula is C17H16N4. The maximum atomic E-state index is 4.55. The SMILES string of the molecule is Cc1cc(C)cc(Nc2nccc(-c3ccncc3)n2)c1. The van der Waals surface area contributed by atoms with Gasteiger partial charge in [-0.15, -0.1) is 0 Å². The smallest absolute Gasteiger partial charge is 0.227 e. The molecule has 21 heavy (non-hydrogen) atoms. The van der Waals surface area contributed by atoms with E-state index in [4.69, 9.17) is 0 Å². The minimum atomic E-state index is 0.592. The summed E-state index contributed by atoms with van der Waals surface area (Å²) in [6.45, 7) is 4.15. The van der Waals surface area contributed by atoms with E-state index in [1.165, 1.54) is 11.1 Å². The van der Waals surface area contributed by atoms with Crippen LogP contribution in [-0.4, -0.2) is 15.0 Å². The molecule has 3 rings (SSSR count). The lowest BCUT2D eigenvalue weighted by atomic mass is 10.1. The van der Waals surface area contributed by atoms with Crippen molar-refractivity contribution in [3.05, 3.63) is 66.1 Å². The second-order valence-electron chi connectivity index (χ2n) is 5.00. The number of aromatic nitrogens is 3. The van der Waals surface area contributed by atoms with Crippen molar-refractivity contribution in [1.29, 1.82) is 0 Å². The van der Waals surface area contributed by atoms with Gasteiger partial charge in [0.15, 0.2) is 0 Å². The van der Waals surface area contributed by atoms with Crippen molar-refractivity contribution in [1.82, 2.24) is 15.0 Å². The first-order chi connectivity index (χ1) is 10.2. The Hall–Kier alpha value is -2.75. The maximum absolute atomic E-state index is 4.55. The number of pyridine rings is 1. The van der Waals surface area contributed by atoms with E-state index in [0.29, 0.717) is 5.95 Å².